The number of aromatic amines is 1. The normalized spacial score (nSPS) is 19.4. The van der Waals surface area contributed by atoms with E-state index in [4.69, 9.17) is 16.6 Å². The van der Waals surface area contributed by atoms with E-state index in [2.05, 4.69) is 25.1 Å². The van der Waals surface area contributed by atoms with E-state index in [0.717, 1.165) is 6.08 Å². The third-order valence-electron chi connectivity index (χ3n) is 6.71. The van der Waals surface area contributed by atoms with Crippen molar-refractivity contribution in [3.05, 3.63) is 38.7 Å². The molecule has 274 valence electrons. The highest BCUT2D eigenvalue weighted by Gasteiger charge is 2.40. The molecule has 0 saturated carbocycles. The van der Waals surface area contributed by atoms with Crippen molar-refractivity contribution >= 4 is 32.8 Å². The third kappa shape index (κ3) is 14.6. The number of aliphatic hydroxyl groups excluding tert-OH is 1. The summed E-state index contributed by atoms with van der Waals surface area (Å²) in [5.74, 6) is -2.45. The van der Waals surface area contributed by atoms with E-state index in [9.17, 15) is 32.3 Å². The minimum Gasteiger partial charge on any atom is -0.425 e. The Bertz CT molecular complexity index is 1340. The number of hydrogen-bond acceptors (Lipinski definition) is 10. The molecule has 1 aliphatic heterocycles. The van der Waals surface area contributed by atoms with Gasteiger partial charge in [-0.3, -0.25) is 28.9 Å². The van der Waals surface area contributed by atoms with E-state index in [-0.39, 0.29) is 37.5 Å². The molecule has 1 aliphatic rings. The Morgan fingerprint density at radius 3 is 2.44 bits per heavy atom. The minimum atomic E-state index is -4.90. The van der Waals surface area contributed by atoms with E-state index in [1.807, 2.05) is 34.6 Å². The average Bonchev–Trinajstić information content (AvgIpc) is 3.43. The van der Waals surface area contributed by atoms with Crippen LogP contribution >= 0.6 is 8.53 Å². The molecule has 0 aliphatic carbocycles. The summed E-state index contributed by atoms with van der Waals surface area (Å²) < 4.78 is 71.8. The molecule has 18 heteroatoms. The first-order chi connectivity index (χ1) is 23.6. The summed E-state index contributed by atoms with van der Waals surface area (Å²) in [6.45, 7) is 10.5. The standard InChI is InChI=1S/C29H46F3N6O7P.CH4O/c1-7-33-18-43-46(38(19(2)3)20(4)5)45-23-16-25(44-21(23)6)37-17-22(26(40)36-28(37)42)12-13-24(39)34-14-10-8-9-11-15-35-27(41)29(30,31)32;1-2/h12-13,17-21,23,25H,7-11,14-16H2,1-6H3,(H,34,39)(H,35,41)(H,36,40,42);2H,1H3/b13-12+,33-18?;/t21-,23?,25-,46?;/m1./s1/i6D;2T. The van der Waals surface area contributed by atoms with Crippen LogP contribution in [0.3, 0.4) is 0 Å². The number of carbonyl (C=O) groups excluding carboxylic acids is 2. The Labute approximate surface area is 283 Å². The molecule has 0 aromatic carbocycles. The number of carbonyl (C=O) groups is 2. The predicted molar refractivity (Wildman–Crippen MR) is 177 cm³/mol. The summed E-state index contributed by atoms with van der Waals surface area (Å²) in [7, 11) is -0.336. The minimum absolute atomic E-state index is 0.0307. The fourth-order valence-corrected chi connectivity index (χ4v) is 6.15. The number of aromatic nitrogens is 2. The lowest BCUT2D eigenvalue weighted by Gasteiger charge is -2.36. The van der Waals surface area contributed by atoms with Crippen LogP contribution < -0.4 is 21.9 Å². The number of amides is 2. The number of nitrogens with one attached hydrogen (secondary N) is 3. The zero-order valence-corrected chi connectivity index (χ0v) is 29.1. The maximum atomic E-state index is 12.8. The molecule has 1 saturated heterocycles. The van der Waals surface area contributed by atoms with Crippen LogP contribution in [0.5, 0.6) is 0 Å². The maximum absolute atomic E-state index is 12.8. The number of hydrogen-bond donors (Lipinski definition) is 4. The van der Waals surface area contributed by atoms with Crippen molar-refractivity contribution in [3.8, 4) is 0 Å². The van der Waals surface area contributed by atoms with Gasteiger partial charge in [-0.05, 0) is 60.4 Å². The monoisotopic (exact) mass is 713 g/mol. The highest BCUT2D eigenvalue weighted by Crippen LogP contribution is 2.49. The highest BCUT2D eigenvalue weighted by molar-refractivity contribution is 7.45. The van der Waals surface area contributed by atoms with E-state index in [1.54, 1.807) is 5.32 Å². The van der Waals surface area contributed by atoms with Crippen molar-refractivity contribution in [1.82, 2.24) is 24.9 Å². The molecule has 1 fully saturated rings. The lowest BCUT2D eigenvalue weighted by atomic mass is 10.2. The van der Waals surface area contributed by atoms with Gasteiger partial charge in [0.05, 0.1) is 17.8 Å². The van der Waals surface area contributed by atoms with Crippen molar-refractivity contribution in [2.75, 3.05) is 26.7 Å². The molecule has 4 N–H and O–H groups in total. The maximum Gasteiger partial charge on any atom is 0.471 e. The zero-order valence-electron chi connectivity index (χ0n) is 30.2. The Morgan fingerprint density at radius 2 is 1.88 bits per heavy atom. The third-order valence-corrected chi connectivity index (χ3v) is 8.74. The summed E-state index contributed by atoms with van der Waals surface area (Å²) in [5.41, 5.74) is -1.39. The Balaban J connectivity index is 0.00000401. The molecular weight excluding hydrogens is 660 g/mol. The van der Waals surface area contributed by atoms with Crippen LogP contribution in [0.4, 0.5) is 13.2 Å². The number of aliphatic hydroxyl groups is 1. The van der Waals surface area contributed by atoms with E-state index in [1.165, 1.54) is 30.4 Å². The molecule has 2 heterocycles. The lowest BCUT2D eigenvalue weighted by Crippen LogP contribution is -2.37. The molecule has 48 heavy (non-hydrogen) atoms. The van der Waals surface area contributed by atoms with Gasteiger partial charge in [-0.1, -0.05) is 12.8 Å². The Kier molecular flexibility index (Phi) is 17.8. The van der Waals surface area contributed by atoms with Crippen molar-refractivity contribution in [1.29, 1.82) is 1.43 Å². The number of halogens is 3. The first-order valence-electron chi connectivity index (χ1n) is 16.7. The van der Waals surface area contributed by atoms with Crippen LogP contribution in [0, 0.1) is 0 Å². The van der Waals surface area contributed by atoms with E-state index >= 15 is 0 Å². The number of aliphatic imine (C=N–C) groups is 1. The number of nitrogens with zero attached hydrogens (tertiary/aromatic N) is 3. The molecular formula is C30H50F3N6O8P. The van der Waals surface area contributed by atoms with Gasteiger partial charge in [-0.15, -0.1) is 0 Å². The van der Waals surface area contributed by atoms with Gasteiger partial charge in [-0.25, -0.2) is 9.46 Å². The number of H-pyrrole nitrogens is 1. The van der Waals surface area contributed by atoms with E-state index in [0.29, 0.717) is 38.8 Å². The van der Waals surface area contributed by atoms with Crippen LogP contribution in [0.25, 0.3) is 6.08 Å². The summed E-state index contributed by atoms with van der Waals surface area (Å²) in [6, 6.07) is 0.152. The molecule has 1 aromatic rings. The van der Waals surface area contributed by atoms with Gasteiger partial charge < -0.3 is 29.5 Å². The second-order valence-electron chi connectivity index (χ2n) is 11.1. The topological polar surface area (TPSA) is 177 Å². The van der Waals surface area contributed by atoms with Gasteiger partial charge in [0.1, 0.15) is 6.23 Å². The summed E-state index contributed by atoms with van der Waals surface area (Å²) in [6.07, 6.45) is 0.342. The molecule has 0 bridgehead atoms. The average molecular weight is 714 g/mol. The van der Waals surface area contributed by atoms with Crippen LogP contribution in [-0.4, -0.2) is 96.2 Å². The number of rotatable bonds is 18. The molecule has 2 unspecified atom stereocenters. The Hall–Kier alpha value is -3.11. The van der Waals surface area contributed by atoms with Crippen LogP contribution in [0.15, 0.2) is 26.9 Å². The lowest BCUT2D eigenvalue weighted by molar-refractivity contribution is -0.173. The smallest absolute Gasteiger partial charge is 0.425 e. The van der Waals surface area contributed by atoms with E-state index < -0.39 is 56.2 Å². The first-order valence-corrected chi connectivity index (χ1v) is 16.7. The summed E-state index contributed by atoms with van der Waals surface area (Å²) in [5, 5.41) is 7.96. The highest BCUT2D eigenvalue weighted by atomic mass is 31.2. The second-order valence-corrected chi connectivity index (χ2v) is 12.4. The first kappa shape index (κ1) is 39.3. The second kappa shape index (κ2) is 21.8. The Morgan fingerprint density at radius 1 is 1.25 bits per heavy atom. The quantitative estimate of drug-likeness (QED) is 0.0582. The van der Waals surface area contributed by atoms with Crippen LogP contribution in [0.1, 0.15) is 86.8 Å². The van der Waals surface area contributed by atoms with Gasteiger partial charge in [-0.2, -0.15) is 13.2 Å². The molecule has 1 aromatic heterocycles. The van der Waals surface area contributed by atoms with Gasteiger partial charge in [0.2, 0.25) is 7.34 Å². The number of alkyl halides is 3. The molecule has 2 amide bonds. The molecule has 14 nitrogen and oxygen atoms in total. The zero-order chi connectivity index (χ0) is 37.9. The molecule has 0 radical (unpaired) electrons. The van der Waals surface area contributed by atoms with Crippen LogP contribution in [-0.2, 0) is 23.4 Å². The fourth-order valence-electron chi connectivity index (χ4n) is 4.53. The van der Waals surface area contributed by atoms with Gasteiger partial charge in [0.15, 0.2) is 6.40 Å². The summed E-state index contributed by atoms with van der Waals surface area (Å²) >= 11 is 0. The predicted octanol–water partition coefficient (Wildman–Crippen LogP) is 3.62. The molecule has 2 rings (SSSR count). The SMILES string of the molecule is [2H]C[C@H]1O[C@@H](n2cc(/C=C/C(=O)NCCCCCCNC(=O)C(F)(F)F)c(=O)[nH]c2=O)CC1OP(OC=NCC)N(C(C)C)C(C)C.[3H]OC. The fraction of sp³-hybridized carbons (Fsp3) is 0.700. The largest absolute Gasteiger partial charge is 0.471 e. The molecule has 0 spiro atoms. The van der Waals surface area contributed by atoms with Crippen molar-refractivity contribution in [2.24, 2.45) is 4.99 Å². The molecule has 4 atom stereocenters. The van der Waals surface area contributed by atoms with Gasteiger partial charge in [0, 0.05) is 58.9 Å². The van der Waals surface area contributed by atoms with Gasteiger partial charge in [0.25, 0.3) is 5.56 Å². The van der Waals surface area contributed by atoms with Crippen molar-refractivity contribution in [2.45, 2.75) is 110 Å². The number of unbranched alkanes of at least 4 members (excludes halogenated alkanes) is 3. The van der Waals surface area contributed by atoms with Gasteiger partial charge >= 0.3 is 26.3 Å². The number of ether oxygens (including phenoxy) is 1. The summed E-state index contributed by atoms with van der Waals surface area (Å²) in [4.78, 5) is 54.7. The van der Waals surface area contributed by atoms with Crippen LogP contribution in [0.2, 0.25) is 0 Å². The van der Waals surface area contributed by atoms with Crippen molar-refractivity contribution < 1.29 is 43.0 Å². The van der Waals surface area contributed by atoms with Crippen molar-refractivity contribution in [3.63, 3.8) is 0 Å².